The third-order valence-electron chi connectivity index (χ3n) is 5.64. The summed E-state index contributed by atoms with van der Waals surface area (Å²) in [7, 11) is 0. The summed E-state index contributed by atoms with van der Waals surface area (Å²) < 4.78 is 3.08. The van der Waals surface area contributed by atoms with Crippen LogP contribution >= 0.6 is 11.6 Å². The Labute approximate surface area is 190 Å². The standard InChI is InChI=1S/C21H24ClN7O3/c1-15-20(29(31)32)16(2)28(23-15)14-27-8-7-19(24-27)21(30)26-11-9-25(10-12-26)13-17-3-5-18(22)6-4-17/h3-8H,9-14H2,1-2H3. The Bertz CT molecular complexity index is 1130. The van der Waals surface area contributed by atoms with Crippen molar-refractivity contribution in [1.29, 1.82) is 0 Å². The van der Waals surface area contributed by atoms with E-state index in [0.717, 1.165) is 24.7 Å². The van der Waals surface area contributed by atoms with E-state index >= 15 is 0 Å². The average Bonchev–Trinajstić information content (AvgIpc) is 3.34. The van der Waals surface area contributed by atoms with E-state index in [0.29, 0.717) is 30.2 Å². The van der Waals surface area contributed by atoms with Crippen LogP contribution in [0.2, 0.25) is 5.02 Å². The van der Waals surface area contributed by atoms with Crippen molar-refractivity contribution < 1.29 is 9.72 Å². The van der Waals surface area contributed by atoms with Gasteiger partial charge in [0.25, 0.3) is 5.91 Å². The lowest BCUT2D eigenvalue weighted by molar-refractivity contribution is -0.386. The lowest BCUT2D eigenvalue weighted by Crippen LogP contribution is -2.48. The molecule has 0 atom stereocenters. The smallest absolute Gasteiger partial charge is 0.312 e. The number of carbonyl (C=O) groups is 1. The van der Waals surface area contributed by atoms with Crippen LogP contribution < -0.4 is 0 Å². The third-order valence-corrected chi connectivity index (χ3v) is 5.90. The molecule has 10 nitrogen and oxygen atoms in total. The van der Waals surface area contributed by atoms with Gasteiger partial charge < -0.3 is 4.90 Å². The quantitative estimate of drug-likeness (QED) is 0.416. The molecule has 1 aromatic carbocycles. The molecule has 1 aliphatic rings. The Kier molecular flexibility index (Phi) is 6.24. The van der Waals surface area contributed by atoms with Crippen molar-refractivity contribution in [3.05, 3.63) is 74.3 Å². The summed E-state index contributed by atoms with van der Waals surface area (Å²) in [4.78, 5) is 27.8. The van der Waals surface area contributed by atoms with E-state index in [4.69, 9.17) is 11.6 Å². The number of amides is 1. The Morgan fingerprint density at radius 1 is 1.09 bits per heavy atom. The summed E-state index contributed by atoms with van der Waals surface area (Å²) in [5.74, 6) is -0.116. The normalized spacial score (nSPS) is 14.7. The molecule has 2 aromatic heterocycles. The number of hydrogen-bond donors (Lipinski definition) is 0. The summed E-state index contributed by atoms with van der Waals surface area (Å²) in [5, 5.41) is 20.5. The maximum absolute atomic E-state index is 12.9. The van der Waals surface area contributed by atoms with Crippen LogP contribution in [-0.2, 0) is 13.2 Å². The van der Waals surface area contributed by atoms with Crippen molar-refractivity contribution in [2.45, 2.75) is 27.1 Å². The van der Waals surface area contributed by atoms with Crippen molar-refractivity contribution in [2.75, 3.05) is 26.2 Å². The zero-order valence-corrected chi connectivity index (χ0v) is 18.7. The molecule has 3 heterocycles. The minimum Gasteiger partial charge on any atom is -0.335 e. The zero-order chi connectivity index (χ0) is 22.8. The number of benzene rings is 1. The van der Waals surface area contributed by atoms with Gasteiger partial charge in [-0.05, 0) is 37.6 Å². The molecule has 3 aromatic rings. The highest BCUT2D eigenvalue weighted by atomic mass is 35.5. The molecule has 1 aliphatic heterocycles. The Morgan fingerprint density at radius 2 is 1.78 bits per heavy atom. The van der Waals surface area contributed by atoms with Gasteiger partial charge in [-0.1, -0.05) is 23.7 Å². The maximum atomic E-state index is 12.9. The highest BCUT2D eigenvalue weighted by molar-refractivity contribution is 6.30. The number of carbonyl (C=O) groups excluding carboxylic acids is 1. The first-order valence-electron chi connectivity index (χ1n) is 10.3. The Morgan fingerprint density at radius 3 is 2.41 bits per heavy atom. The average molecular weight is 458 g/mol. The van der Waals surface area contributed by atoms with Crippen LogP contribution in [0.1, 0.15) is 27.4 Å². The molecule has 1 amide bonds. The first-order chi connectivity index (χ1) is 15.3. The van der Waals surface area contributed by atoms with Crippen LogP contribution in [-0.4, -0.2) is 66.4 Å². The number of hydrogen-bond acceptors (Lipinski definition) is 6. The first-order valence-corrected chi connectivity index (χ1v) is 10.7. The van der Waals surface area contributed by atoms with E-state index in [1.54, 1.807) is 35.7 Å². The highest BCUT2D eigenvalue weighted by Crippen LogP contribution is 2.21. The fourth-order valence-corrected chi connectivity index (χ4v) is 4.03. The van der Waals surface area contributed by atoms with Crippen LogP contribution in [0.5, 0.6) is 0 Å². The third kappa shape index (κ3) is 4.66. The lowest BCUT2D eigenvalue weighted by atomic mass is 10.2. The van der Waals surface area contributed by atoms with Gasteiger partial charge in [-0.25, -0.2) is 4.68 Å². The van der Waals surface area contributed by atoms with E-state index in [-0.39, 0.29) is 18.3 Å². The summed E-state index contributed by atoms with van der Waals surface area (Å²) in [6.07, 6.45) is 1.69. The summed E-state index contributed by atoms with van der Waals surface area (Å²) in [6.45, 7) is 7.09. The molecule has 0 spiro atoms. The molecule has 0 radical (unpaired) electrons. The number of aromatic nitrogens is 4. The number of aryl methyl sites for hydroxylation is 1. The van der Waals surface area contributed by atoms with Gasteiger partial charge in [0, 0.05) is 43.9 Å². The number of rotatable bonds is 6. The van der Waals surface area contributed by atoms with Crippen LogP contribution in [0.25, 0.3) is 0 Å². The molecular formula is C21H24ClN7O3. The number of halogens is 1. The van der Waals surface area contributed by atoms with Crippen molar-refractivity contribution in [3.63, 3.8) is 0 Å². The van der Waals surface area contributed by atoms with Gasteiger partial charge in [-0.3, -0.25) is 24.5 Å². The highest BCUT2D eigenvalue weighted by Gasteiger charge is 2.25. The largest absolute Gasteiger partial charge is 0.335 e. The van der Waals surface area contributed by atoms with Gasteiger partial charge >= 0.3 is 5.69 Å². The summed E-state index contributed by atoms with van der Waals surface area (Å²) in [6, 6.07) is 9.48. The van der Waals surface area contributed by atoms with E-state index < -0.39 is 4.92 Å². The van der Waals surface area contributed by atoms with E-state index in [9.17, 15) is 14.9 Å². The SMILES string of the molecule is Cc1nn(Cn2ccc(C(=O)N3CCN(Cc4ccc(Cl)cc4)CC3)n2)c(C)c1[N+](=O)[O-]. The molecule has 0 unspecified atom stereocenters. The van der Waals surface area contributed by atoms with Crippen molar-refractivity contribution in [2.24, 2.45) is 0 Å². The number of nitro groups is 1. The van der Waals surface area contributed by atoms with Crippen LogP contribution in [0.3, 0.4) is 0 Å². The number of nitrogens with zero attached hydrogens (tertiary/aromatic N) is 7. The maximum Gasteiger partial charge on any atom is 0.312 e. The van der Waals surface area contributed by atoms with Gasteiger partial charge in [0.2, 0.25) is 0 Å². The fraction of sp³-hybridized carbons (Fsp3) is 0.381. The molecule has 0 saturated carbocycles. The van der Waals surface area contributed by atoms with Crippen molar-refractivity contribution in [1.82, 2.24) is 29.4 Å². The van der Waals surface area contributed by atoms with Crippen molar-refractivity contribution in [3.8, 4) is 0 Å². The monoisotopic (exact) mass is 457 g/mol. The topological polar surface area (TPSA) is 102 Å². The van der Waals surface area contributed by atoms with Crippen LogP contribution in [0.4, 0.5) is 5.69 Å². The minimum absolute atomic E-state index is 0.00456. The van der Waals surface area contributed by atoms with Crippen LogP contribution in [0.15, 0.2) is 36.5 Å². The van der Waals surface area contributed by atoms with E-state index in [1.807, 2.05) is 24.3 Å². The minimum atomic E-state index is -0.432. The molecule has 1 fully saturated rings. The second-order valence-corrected chi connectivity index (χ2v) is 8.29. The first kappa shape index (κ1) is 22.0. The van der Waals surface area contributed by atoms with Gasteiger partial charge in [-0.2, -0.15) is 10.2 Å². The van der Waals surface area contributed by atoms with Gasteiger partial charge in [0.05, 0.1) is 4.92 Å². The predicted molar refractivity (Wildman–Crippen MR) is 119 cm³/mol. The molecule has 11 heteroatoms. The second kappa shape index (κ2) is 9.09. The number of piperazine rings is 1. The molecule has 1 saturated heterocycles. The molecule has 4 rings (SSSR count). The lowest BCUT2D eigenvalue weighted by Gasteiger charge is -2.34. The molecule has 168 valence electrons. The Hall–Kier alpha value is -3.24. The molecule has 0 aliphatic carbocycles. The molecule has 32 heavy (non-hydrogen) atoms. The molecule has 0 bridgehead atoms. The zero-order valence-electron chi connectivity index (χ0n) is 17.9. The predicted octanol–water partition coefficient (Wildman–Crippen LogP) is 2.72. The fourth-order valence-electron chi connectivity index (χ4n) is 3.90. The summed E-state index contributed by atoms with van der Waals surface area (Å²) >= 11 is 5.94. The van der Waals surface area contributed by atoms with Gasteiger partial charge in [0.1, 0.15) is 23.8 Å². The summed E-state index contributed by atoms with van der Waals surface area (Å²) in [5.41, 5.74) is 2.36. The van der Waals surface area contributed by atoms with Gasteiger partial charge in [-0.15, -0.1) is 0 Å². The van der Waals surface area contributed by atoms with Gasteiger partial charge in [0.15, 0.2) is 0 Å². The molecule has 0 N–H and O–H groups in total. The molecular weight excluding hydrogens is 434 g/mol. The van der Waals surface area contributed by atoms with Crippen molar-refractivity contribution >= 4 is 23.2 Å². The second-order valence-electron chi connectivity index (χ2n) is 7.85. The van der Waals surface area contributed by atoms with E-state index in [2.05, 4.69) is 15.1 Å². The van der Waals surface area contributed by atoms with Crippen LogP contribution in [0, 0.1) is 24.0 Å². The van der Waals surface area contributed by atoms with E-state index in [1.165, 1.54) is 10.2 Å². The Balaban J connectivity index is 1.35.